The zero-order chi connectivity index (χ0) is 26.3. The van der Waals surface area contributed by atoms with Crippen molar-refractivity contribution in [2.24, 2.45) is 17.3 Å². The molecular formula is C28H37ClO6. The van der Waals surface area contributed by atoms with Gasteiger partial charge in [0.15, 0.2) is 12.9 Å². The smallest absolute Gasteiger partial charge is 0.344 e. The van der Waals surface area contributed by atoms with E-state index in [4.69, 9.17) is 25.8 Å². The number of carbonyl (C=O) groups excluding carboxylic acids is 3. The van der Waals surface area contributed by atoms with Gasteiger partial charge in [-0.15, -0.1) is 0 Å². The Kier molecular flexibility index (Phi) is 10.1. The van der Waals surface area contributed by atoms with Crippen molar-refractivity contribution in [1.29, 1.82) is 0 Å². The highest BCUT2D eigenvalue weighted by Crippen LogP contribution is 2.45. The van der Waals surface area contributed by atoms with E-state index in [0.29, 0.717) is 59.0 Å². The summed E-state index contributed by atoms with van der Waals surface area (Å²) in [6.45, 7) is 11.7. The maximum atomic E-state index is 12.3. The lowest BCUT2D eigenvalue weighted by Gasteiger charge is -2.42. The summed E-state index contributed by atoms with van der Waals surface area (Å²) >= 11 is 6.56. The molecule has 0 saturated heterocycles. The van der Waals surface area contributed by atoms with Crippen LogP contribution in [0.5, 0.6) is 11.5 Å². The van der Waals surface area contributed by atoms with Gasteiger partial charge in [-0.2, -0.15) is 0 Å². The van der Waals surface area contributed by atoms with Gasteiger partial charge in [0.25, 0.3) is 0 Å². The number of hydrogen-bond donors (Lipinski definition) is 0. The molecule has 6 nitrogen and oxygen atoms in total. The summed E-state index contributed by atoms with van der Waals surface area (Å²) in [5, 5.41) is 0.254. The average molecular weight is 505 g/mol. The van der Waals surface area contributed by atoms with E-state index in [0.717, 1.165) is 12.0 Å². The third-order valence-electron chi connectivity index (χ3n) is 7.32. The number of ether oxygens (including phenoxy) is 3. The number of methoxy groups -OCH3 is 1. The highest BCUT2D eigenvalue weighted by molar-refractivity contribution is 6.33. The first-order valence-corrected chi connectivity index (χ1v) is 12.4. The molecule has 0 N–H and O–H groups in total. The lowest BCUT2D eigenvalue weighted by Crippen LogP contribution is -2.40. The molecule has 35 heavy (non-hydrogen) atoms. The number of Topliss-reactive ketones (excluding diaryl/α,β-unsaturated/α-hetero) is 1. The Morgan fingerprint density at radius 2 is 1.94 bits per heavy atom. The minimum atomic E-state index is -0.515. The third kappa shape index (κ3) is 6.35. The molecule has 0 aromatic heterocycles. The molecule has 0 amide bonds. The van der Waals surface area contributed by atoms with Gasteiger partial charge in [-0.05, 0) is 50.5 Å². The standard InChI is InChI=1S/C28H37ClO6/c1-8-34-24(32)16-35-27-21(26(33-7)22(15-30)19(4)25(27)29)11-9-17(2)13-14-28(6)18(3)10-12-23(31)20(28)5/h9,13-15,18,20H,8,10-12,16H2,1-7H3/b14-13+,17-9+/t18-,20+,28+/m1/s1. The van der Waals surface area contributed by atoms with Crippen molar-refractivity contribution >= 4 is 29.6 Å². The fraction of sp³-hybridized carbons (Fsp3) is 0.536. The second-order valence-corrected chi connectivity index (χ2v) is 9.76. The maximum absolute atomic E-state index is 12.3. The van der Waals surface area contributed by atoms with Crippen LogP contribution in [0.3, 0.4) is 0 Å². The van der Waals surface area contributed by atoms with Crippen LogP contribution in [0.25, 0.3) is 0 Å². The Balaban J connectivity index is 2.41. The highest BCUT2D eigenvalue weighted by atomic mass is 35.5. The number of halogens is 1. The predicted molar refractivity (Wildman–Crippen MR) is 138 cm³/mol. The van der Waals surface area contributed by atoms with Crippen molar-refractivity contribution in [3.05, 3.63) is 45.5 Å². The quantitative estimate of drug-likeness (QED) is 0.218. The SMILES string of the molecule is CCOC(=O)COc1c(Cl)c(C)c(C=O)c(OC)c1C/C=C(C)/C=C/[C@@]1(C)[C@H](C)CCC(=O)[C@@H]1C. The van der Waals surface area contributed by atoms with Crippen LogP contribution in [-0.2, 0) is 20.7 Å². The van der Waals surface area contributed by atoms with E-state index in [1.165, 1.54) is 7.11 Å². The number of hydrogen-bond acceptors (Lipinski definition) is 6. The molecule has 1 aliphatic carbocycles. The molecule has 3 atom stereocenters. The molecule has 0 spiro atoms. The minimum absolute atomic E-state index is 0.0377. The molecule has 1 aromatic rings. The van der Waals surface area contributed by atoms with Crippen LogP contribution in [0.2, 0.25) is 5.02 Å². The second-order valence-electron chi connectivity index (χ2n) is 9.38. The van der Waals surface area contributed by atoms with Gasteiger partial charge in [0.1, 0.15) is 17.3 Å². The first kappa shape index (κ1) is 28.6. The van der Waals surface area contributed by atoms with E-state index in [2.05, 4.69) is 19.9 Å². The van der Waals surface area contributed by atoms with Crippen molar-refractivity contribution in [2.45, 2.75) is 60.8 Å². The number of esters is 1. The molecule has 192 valence electrons. The molecule has 0 bridgehead atoms. The van der Waals surface area contributed by atoms with E-state index in [1.807, 2.05) is 26.0 Å². The first-order chi connectivity index (χ1) is 16.5. The van der Waals surface area contributed by atoms with E-state index in [9.17, 15) is 14.4 Å². The van der Waals surface area contributed by atoms with Crippen LogP contribution in [0.1, 0.15) is 68.9 Å². The topological polar surface area (TPSA) is 78.9 Å². The largest absolute Gasteiger partial charge is 0.496 e. The molecule has 1 saturated carbocycles. The Bertz CT molecular complexity index is 1030. The molecule has 2 rings (SSSR count). The summed E-state index contributed by atoms with van der Waals surface area (Å²) in [5.74, 6) is 0.803. The number of benzene rings is 1. The molecule has 1 fully saturated rings. The van der Waals surface area contributed by atoms with Gasteiger partial charge in [-0.3, -0.25) is 9.59 Å². The van der Waals surface area contributed by atoms with E-state index in [-0.39, 0.29) is 29.6 Å². The zero-order valence-corrected chi connectivity index (χ0v) is 22.6. The molecule has 1 aromatic carbocycles. The second kappa shape index (κ2) is 12.4. The maximum Gasteiger partial charge on any atom is 0.344 e. The van der Waals surface area contributed by atoms with Crippen molar-refractivity contribution in [2.75, 3.05) is 20.3 Å². The molecule has 0 radical (unpaired) electrons. The van der Waals surface area contributed by atoms with E-state index in [1.54, 1.807) is 13.8 Å². The van der Waals surface area contributed by atoms with Gasteiger partial charge in [0.2, 0.25) is 0 Å². The average Bonchev–Trinajstić information content (AvgIpc) is 2.83. The van der Waals surface area contributed by atoms with Crippen LogP contribution in [0.4, 0.5) is 0 Å². The summed E-state index contributed by atoms with van der Waals surface area (Å²) in [4.78, 5) is 36.0. The number of aldehydes is 1. The van der Waals surface area contributed by atoms with Crippen molar-refractivity contribution in [3.63, 3.8) is 0 Å². The summed E-state index contributed by atoms with van der Waals surface area (Å²) in [7, 11) is 1.48. The van der Waals surface area contributed by atoms with Gasteiger partial charge in [0, 0.05) is 17.9 Å². The van der Waals surface area contributed by atoms with Gasteiger partial charge < -0.3 is 14.2 Å². The predicted octanol–water partition coefficient (Wildman–Crippen LogP) is 6.10. The van der Waals surface area contributed by atoms with Crippen LogP contribution in [-0.4, -0.2) is 38.4 Å². The Hall–Kier alpha value is -2.60. The van der Waals surface area contributed by atoms with Crippen LogP contribution < -0.4 is 9.47 Å². The molecule has 0 heterocycles. The molecule has 1 aliphatic rings. The monoisotopic (exact) mass is 504 g/mol. The summed E-state index contributed by atoms with van der Waals surface area (Å²) in [6.07, 6.45) is 8.75. The van der Waals surface area contributed by atoms with E-state index >= 15 is 0 Å². The number of ketones is 1. The highest BCUT2D eigenvalue weighted by Gasteiger charge is 2.41. The normalized spacial score (nSPS) is 22.9. The first-order valence-electron chi connectivity index (χ1n) is 12.0. The summed E-state index contributed by atoms with van der Waals surface area (Å²) in [6, 6.07) is 0. The summed E-state index contributed by atoms with van der Waals surface area (Å²) in [5.41, 5.74) is 2.19. The van der Waals surface area contributed by atoms with Crippen LogP contribution in [0, 0.1) is 24.2 Å². The lowest BCUT2D eigenvalue weighted by molar-refractivity contribution is -0.145. The fourth-order valence-electron chi connectivity index (χ4n) is 4.51. The van der Waals surface area contributed by atoms with Gasteiger partial charge >= 0.3 is 5.97 Å². The Morgan fingerprint density at radius 3 is 2.54 bits per heavy atom. The van der Waals surface area contributed by atoms with Gasteiger partial charge in [0.05, 0.1) is 24.3 Å². The number of carbonyl (C=O) groups is 3. The van der Waals surface area contributed by atoms with Gasteiger partial charge in [-0.1, -0.05) is 56.2 Å². The zero-order valence-electron chi connectivity index (χ0n) is 21.8. The molecule has 7 heteroatoms. The van der Waals surface area contributed by atoms with Crippen LogP contribution >= 0.6 is 11.6 Å². The molecular weight excluding hydrogens is 468 g/mol. The molecule has 0 unspecified atom stereocenters. The molecule has 0 aliphatic heterocycles. The van der Waals surface area contributed by atoms with Crippen LogP contribution in [0.15, 0.2) is 23.8 Å². The summed E-state index contributed by atoms with van der Waals surface area (Å²) < 4.78 is 16.3. The van der Waals surface area contributed by atoms with E-state index < -0.39 is 5.97 Å². The van der Waals surface area contributed by atoms with Crippen molar-refractivity contribution in [1.82, 2.24) is 0 Å². The Labute approximate surface area is 213 Å². The number of rotatable bonds is 10. The Morgan fingerprint density at radius 1 is 1.26 bits per heavy atom. The van der Waals surface area contributed by atoms with Crippen molar-refractivity contribution in [3.8, 4) is 11.5 Å². The third-order valence-corrected chi connectivity index (χ3v) is 7.78. The number of allylic oxidation sites excluding steroid dienone is 4. The minimum Gasteiger partial charge on any atom is -0.496 e. The fourth-order valence-corrected chi connectivity index (χ4v) is 4.78. The van der Waals surface area contributed by atoms with Crippen molar-refractivity contribution < 1.29 is 28.6 Å². The van der Waals surface area contributed by atoms with Gasteiger partial charge in [-0.25, -0.2) is 4.79 Å². The lowest BCUT2D eigenvalue weighted by atomic mass is 9.61.